The van der Waals surface area contributed by atoms with Crippen molar-refractivity contribution < 1.29 is 39.5 Å². The Morgan fingerprint density at radius 1 is 1.10 bits per heavy atom. The summed E-state index contributed by atoms with van der Waals surface area (Å²) >= 11 is 0. The average molecular weight is 444 g/mol. The fourth-order valence-corrected chi connectivity index (χ4v) is 3.82. The van der Waals surface area contributed by atoms with Crippen molar-refractivity contribution in [2.24, 2.45) is 5.92 Å². The summed E-state index contributed by atoms with van der Waals surface area (Å²) in [5.41, 5.74) is 0. The van der Waals surface area contributed by atoms with Gasteiger partial charge in [-0.1, -0.05) is 0 Å². The highest BCUT2D eigenvalue weighted by molar-refractivity contribution is 7.89. The Morgan fingerprint density at radius 2 is 1.76 bits per heavy atom. The van der Waals surface area contributed by atoms with E-state index in [-0.39, 0.29) is 23.6 Å². The smallest absolute Gasteiger partial charge is 0.406 e. The van der Waals surface area contributed by atoms with Crippen molar-refractivity contribution in [3.8, 4) is 5.75 Å². The highest BCUT2D eigenvalue weighted by Gasteiger charge is 2.42. The summed E-state index contributed by atoms with van der Waals surface area (Å²) in [4.78, 5) is -0.349. The molecule has 1 aliphatic rings. The zero-order valence-corrected chi connectivity index (χ0v) is 15.3. The summed E-state index contributed by atoms with van der Waals surface area (Å²) in [6.07, 6.45) is -9.37. The molecule has 0 amide bonds. The fourth-order valence-electron chi connectivity index (χ4n) is 2.84. The number of benzene rings is 1. The van der Waals surface area contributed by atoms with Gasteiger partial charge in [0.2, 0.25) is 10.0 Å². The largest absolute Gasteiger partial charge is 0.573 e. The fraction of sp³-hybridized carbons (Fsp3) is 0.467. The van der Waals surface area contributed by atoms with Crippen molar-refractivity contribution in [3.05, 3.63) is 35.9 Å². The van der Waals surface area contributed by atoms with Gasteiger partial charge in [0.25, 0.3) is 0 Å². The van der Waals surface area contributed by atoms with Crippen molar-refractivity contribution in [3.63, 3.8) is 0 Å². The van der Waals surface area contributed by atoms with Crippen LogP contribution in [0.15, 0.2) is 29.2 Å². The first kappa shape index (κ1) is 21.4. The van der Waals surface area contributed by atoms with Gasteiger partial charge in [0.05, 0.1) is 17.4 Å². The van der Waals surface area contributed by atoms with E-state index in [0.29, 0.717) is 5.82 Å². The summed E-state index contributed by atoms with van der Waals surface area (Å²) in [6, 6.07) is 3.47. The number of alkyl halides is 6. The van der Waals surface area contributed by atoms with E-state index in [4.69, 9.17) is 0 Å². The molecule has 0 saturated carbocycles. The molecule has 2 heterocycles. The number of halogens is 6. The Morgan fingerprint density at radius 3 is 2.34 bits per heavy atom. The van der Waals surface area contributed by atoms with Crippen LogP contribution < -0.4 is 9.46 Å². The number of ether oxygens (including phenoxy) is 1. The lowest BCUT2D eigenvalue weighted by molar-refractivity contribution is -0.274. The molecule has 14 heteroatoms. The van der Waals surface area contributed by atoms with Crippen LogP contribution in [0.25, 0.3) is 0 Å². The lowest BCUT2D eigenvalue weighted by Gasteiger charge is -2.26. The van der Waals surface area contributed by atoms with E-state index in [0.717, 1.165) is 24.3 Å². The third-order valence-corrected chi connectivity index (χ3v) is 5.69. The summed E-state index contributed by atoms with van der Waals surface area (Å²) in [5.74, 6) is -1.84. The van der Waals surface area contributed by atoms with Crippen molar-refractivity contribution in [2.75, 3.05) is 0 Å². The minimum absolute atomic E-state index is 0.00884. The molecule has 1 atom stereocenters. The van der Waals surface area contributed by atoms with Gasteiger partial charge in [-0.2, -0.15) is 13.2 Å². The van der Waals surface area contributed by atoms with E-state index in [1.807, 2.05) is 0 Å². The summed E-state index contributed by atoms with van der Waals surface area (Å²) < 4.78 is 107. The van der Waals surface area contributed by atoms with Gasteiger partial charge in [-0.05, 0) is 30.7 Å². The van der Waals surface area contributed by atoms with Gasteiger partial charge < -0.3 is 9.30 Å². The zero-order chi connectivity index (χ0) is 21.4. The Hall–Kier alpha value is -2.35. The lowest BCUT2D eigenvalue weighted by Crippen LogP contribution is -2.34. The van der Waals surface area contributed by atoms with Gasteiger partial charge >= 0.3 is 12.5 Å². The molecule has 1 N–H and O–H groups in total. The standard InChI is InChI=1S/C15H14F6N4O3S/c16-14(17,18)9-1-6-12-23-24-13(25(12)8-9)7-22-29(26,27)11-4-2-10(3-5-11)28-15(19,20)21/h2-5,9,22H,1,6-8H2/t9-/m0/s1. The minimum atomic E-state index is -4.92. The molecule has 0 saturated heterocycles. The van der Waals surface area contributed by atoms with Crippen molar-refractivity contribution in [1.29, 1.82) is 0 Å². The molecule has 29 heavy (non-hydrogen) atoms. The lowest BCUT2D eigenvalue weighted by atomic mass is 9.99. The molecule has 0 spiro atoms. The maximum atomic E-state index is 13.0. The molecule has 3 rings (SSSR count). The van der Waals surface area contributed by atoms with Crippen LogP contribution >= 0.6 is 0 Å². The van der Waals surface area contributed by atoms with Gasteiger partial charge in [-0.3, -0.25) is 0 Å². The molecule has 0 fully saturated rings. The predicted octanol–water partition coefficient (Wildman–Crippen LogP) is 2.78. The predicted molar refractivity (Wildman–Crippen MR) is 85.0 cm³/mol. The van der Waals surface area contributed by atoms with Gasteiger partial charge in [0, 0.05) is 13.0 Å². The third-order valence-electron chi connectivity index (χ3n) is 4.27. The van der Waals surface area contributed by atoms with Crippen molar-refractivity contribution in [1.82, 2.24) is 19.5 Å². The van der Waals surface area contributed by atoms with E-state index < -0.39 is 47.3 Å². The number of nitrogens with zero attached hydrogens (tertiary/aromatic N) is 3. The van der Waals surface area contributed by atoms with E-state index in [9.17, 15) is 34.8 Å². The first-order chi connectivity index (χ1) is 13.4. The van der Waals surface area contributed by atoms with Crippen molar-refractivity contribution in [2.45, 2.75) is 43.4 Å². The Balaban J connectivity index is 1.70. The van der Waals surface area contributed by atoms with E-state index >= 15 is 0 Å². The molecule has 160 valence electrons. The molecule has 0 unspecified atom stereocenters. The Kier molecular flexibility index (Phi) is 5.51. The molecular formula is C15H14F6N4O3S. The number of nitrogens with one attached hydrogen (secondary N) is 1. The number of rotatable bonds is 5. The number of aryl methyl sites for hydroxylation is 1. The number of fused-ring (bicyclic) bond motifs is 1. The van der Waals surface area contributed by atoms with Gasteiger partial charge in [-0.15, -0.1) is 23.4 Å². The molecular weight excluding hydrogens is 430 g/mol. The summed E-state index contributed by atoms with van der Waals surface area (Å²) in [5, 5.41) is 7.52. The number of aromatic nitrogens is 3. The SMILES string of the molecule is O=S(=O)(NCc1nnc2n1C[C@@H](C(F)(F)F)CC2)c1ccc(OC(F)(F)F)cc1. The molecule has 2 aromatic rings. The van der Waals surface area contributed by atoms with Crippen LogP contribution in [-0.4, -0.2) is 35.7 Å². The van der Waals surface area contributed by atoms with Crippen LogP contribution in [0.5, 0.6) is 5.75 Å². The van der Waals surface area contributed by atoms with Crippen molar-refractivity contribution >= 4 is 10.0 Å². The number of hydrogen-bond acceptors (Lipinski definition) is 5. The third kappa shape index (κ3) is 5.18. The second-order valence-corrected chi connectivity index (χ2v) is 8.03. The van der Waals surface area contributed by atoms with Gasteiger partial charge in [0.1, 0.15) is 17.4 Å². The molecule has 0 radical (unpaired) electrons. The summed E-state index contributed by atoms with van der Waals surface area (Å²) in [6.45, 7) is -0.840. The zero-order valence-electron chi connectivity index (χ0n) is 14.5. The number of hydrogen-bond donors (Lipinski definition) is 1. The normalized spacial score (nSPS) is 17.8. The van der Waals surface area contributed by atoms with E-state index in [2.05, 4.69) is 19.7 Å². The first-order valence-electron chi connectivity index (χ1n) is 8.18. The molecule has 1 aromatic carbocycles. The van der Waals surface area contributed by atoms with Crippen LogP contribution in [0.3, 0.4) is 0 Å². The van der Waals surface area contributed by atoms with E-state index in [1.165, 1.54) is 4.57 Å². The van der Waals surface area contributed by atoms with E-state index in [1.54, 1.807) is 0 Å². The second-order valence-electron chi connectivity index (χ2n) is 6.26. The topological polar surface area (TPSA) is 86.1 Å². The number of sulfonamides is 1. The van der Waals surface area contributed by atoms with Gasteiger partial charge in [-0.25, -0.2) is 13.1 Å². The average Bonchev–Trinajstić information content (AvgIpc) is 3.01. The maximum Gasteiger partial charge on any atom is 0.573 e. The Bertz CT molecular complexity index is 969. The Labute approximate surface area is 160 Å². The minimum Gasteiger partial charge on any atom is -0.406 e. The van der Waals surface area contributed by atoms with Crippen LogP contribution in [0, 0.1) is 5.92 Å². The molecule has 1 aromatic heterocycles. The molecule has 7 nitrogen and oxygen atoms in total. The monoisotopic (exact) mass is 444 g/mol. The van der Waals surface area contributed by atoms with Crippen LogP contribution in [0.2, 0.25) is 0 Å². The maximum absolute atomic E-state index is 13.0. The van der Waals surface area contributed by atoms with Crippen LogP contribution in [0.1, 0.15) is 18.1 Å². The van der Waals surface area contributed by atoms with Crippen LogP contribution in [-0.2, 0) is 29.5 Å². The quantitative estimate of drug-likeness (QED) is 0.717. The second kappa shape index (κ2) is 7.48. The van der Waals surface area contributed by atoms with Gasteiger partial charge in [0.15, 0.2) is 0 Å². The molecule has 1 aliphatic heterocycles. The highest BCUT2D eigenvalue weighted by Crippen LogP contribution is 2.34. The molecule has 0 bridgehead atoms. The first-order valence-corrected chi connectivity index (χ1v) is 9.66. The summed E-state index contributed by atoms with van der Waals surface area (Å²) in [7, 11) is -4.16. The highest BCUT2D eigenvalue weighted by atomic mass is 32.2. The molecule has 0 aliphatic carbocycles. The van der Waals surface area contributed by atoms with Crippen LogP contribution in [0.4, 0.5) is 26.3 Å².